The van der Waals surface area contributed by atoms with Crippen molar-refractivity contribution in [2.45, 2.75) is 0 Å². The van der Waals surface area contributed by atoms with Gasteiger partial charge in [-0.2, -0.15) is 0 Å². The Kier molecular flexibility index (Phi) is 6.71. The van der Waals surface area contributed by atoms with Crippen molar-refractivity contribution in [2.75, 3.05) is 21.3 Å². The highest BCUT2D eigenvalue weighted by molar-refractivity contribution is 14.1. The summed E-state index contributed by atoms with van der Waals surface area (Å²) < 4.78 is 17.3. The molecule has 0 fully saturated rings. The Balaban J connectivity index is 2.41. The number of ether oxygens (including phenoxy) is 3. The van der Waals surface area contributed by atoms with Gasteiger partial charge in [0, 0.05) is 10.0 Å². The molecular weight excluding hydrogens is 503 g/mol. The Bertz CT molecular complexity index is 833. The first-order valence-electron chi connectivity index (χ1n) is 7.12. The molecule has 7 heteroatoms. The Hall–Kier alpha value is -1.74. The monoisotopic (exact) mass is 518 g/mol. The van der Waals surface area contributed by atoms with Crippen LogP contribution in [0.1, 0.15) is 15.9 Å². The highest BCUT2D eigenvalue weighted by atomic mass is 127. The molecule has 0 unspecified atom stereocenters. The lowest BCUT2D eigenvalue weighted by molar-refractivity contribution is 0.104. The molecule has 132 valence electrons. The molecule has 0 aliphatic carbocycles. The number of halogens is 2. The van der Waals surface area contributed by atoms with Crippen LogP contribution in [0.4, 0.5) is 0 Å². The molecule has 0 spiro atoms. The van der Waals surface area contributed by atoms with Crippen molar-refractivity contribution in [3.8, 4) is 23.0 Å². The van der Waals surface area contributed by atoms with Crippen LogP contribution in [-0.2, 0) is 0 Å². The zero-order chi connectivity index (χ0) is 18.6. The highest BCUT2D eigenvalue weighted by Crippen LogP contribution is 2.40. The molecule has 1 N–H and O–H groups in total. The van der Waals surface area contributed by atoms with Gasteiger partial charge in [0.2, 0.25) is 5.75 Å². The van der Waals surface area contributed by atoms with E-state index in [1.807, 2.05) is 22.6 Å². The lowest BCUT2D eigenvalue weighted by atomic mass is 10.1. The lowest BCUT2D eigenvalue weighted by Crippen LogP contribution is -1.98. The fourth-order valence-corrected chi connectivity index (χ4v) is 3.78. The van der Waals surface area contributed by atoms with Crippen LogP contribution >= 0.6 is 38.5 Å². The maximum absolute atomic E-state index is 12.5. The molecule has 0 heterocycles. The number of hydrogen-bond acceptors (Lipinski definition) is 5. The summed E-state index contributed by atoms with van der Waals surface area (Å²) in [5, 5.41) is 10.1. The topological polar surface area (TPSA) is 65.0 Å². The van der Waals surface area contributed by atoms with Gasteiger partial charge in [0.05, 0.1) is 30.5 Å². The molecule has 2 rings (SSSR count). The van der Waals surface area contributed by atoms with Crippen LogP contribution in [0.5, 0.6) is 23.0 Å². The zero-order valence-corrected chi connectivity index (χ0v) is 17.5. The second-order valence-corrected chi connectivity index (χ2v) is 6.98. The summed E-state index contributed by atoms with van der Waals surface area (Å²) in [5.74, 6) is 1.06. The van der Waals surface area contributed by atoms with Gasteiger partial charge in [-0.15, -0.1) is 0 Å². The van der Waals surface area contributed by atoms with Crippen LogP contribution in [0.25, 0.3) is 6.08 Å². The molecule has 0 aliphatic rings. The predicted octanol–water partition coefficient (Wildman–Crippen LogP) is 4.68. The summed E-state index contributed by atoms with van der Waals surface area (Å²) in [6.07, 6.45) is 2.98. The lowest BCUT2D eigenvalue weighted by Gasteiger charge is -2.14. The van der Waals surface area contributed by atoms with Crippen LogP contribution in [0.15, 0.2) is 34.8 Å². The van der Waals surface area contributed by atoms with Crippen molar-refractivity contribution >= 4 is 50.4 Å². The molecule has 0 amide bonds. The molecule has 0 aliphatic heterocycles. The molecule has 0 radical (unpaired) electrons. The molecule has 0 aromatic heterocycles. The minimum Gasteiger partial charge on any atom is -0.506 e. The summed E-state index contributed by atoms with van der Waals surface area (Å²) in [4.78, 5) is 12.5. The van der Waals surface area contributed by atoms with E-state index in [0.717, 1.165) is 4.47 Å². The first kappa shape index (κ1) is 19.6. The quantitative estimate of drug-likeness (QED) is 0.341. The minimum absolute atomic E-state index is 0.0438. The van der Waals surface area contributed by atoms with Crippen LogP contribution in [-0.4, -0.2) is 32.2 Å². The number of benzene rings is 2. The summed E-state index contributed by atoms with van der Waals surface area (Å²) in [6.45, 7) is 0. The standard InChI is InChI=1S/C18H16BrIO5/c1-23-15-7-5-10(17(24-2)18(15)25-3)4-6-14(21)12-8-11(19)9-13(20)16(12)22/h4-9,22H,1-3H3/b6-4+. The number of carbonyl (C=O) groups excluding carboxylic acids is 1. The minimum atomic E-state index is -0.325. The third kappa shape index (κ3) is 4.27. The van der Waals surface area contributed by atoms with Gasteiger partial charge in [-0.05, 0) is 59.0 Å². The van der Waals surface area contributed by atoms with Gasteiger partial charge in [0.1, 0.15) is 5.75 Å². The van der Waals surface area contributed by atoms with Crippen molar-refractivity contribution in [1.29, 1.82) is 0 Å². The number of hydrogen-bond donors (Lipinski definition) is 1. The average molecular weight is 519 g/mol. The van der Waals surface area contributed by atoms with Gasteiger partial charge >= 0.3 is 0 Å². The Morgan fingerprint density at radius 2 is 1.80 bits per heavy atom. The van der Waals surface area contributed by atoms with Crippen LogP contribution < -0.4 is 14.2 Å². The largest absolute Gasteiger partial charge is 0.506 e. The van der Waals surface area contributed by atoms with E-state index in [1.54, 1.807) is 30.3 Å². The smallest absolute Gasteiger partial charge is 0.203 e. The molecule has 25 heavy (non-hydrogen) atoms. The van der Waals surface area contributed by atoms with E-state index in [2.05, 4.69) is 15.9 Å². The number of phenolic OH excluding ortho intramolecular Hbond substituents is 1. The van der Waals surface area contributed by atoms with Gasteiger partial charge in [-0.1, -0.05) is 15.9 Å². The zero-order valence-electron chi connectivity index (χ0n) is 13.8. The number of allylic oxidation sites excluding steroid dienone is 1. The summed E-state index contributed by atoms with van der Waals surface area (Å²) in [6, 6.07) is 6.79. The normalized spacial score (nSPS) is 10.8. The van der Waals surface area contributed by atoms with E-state index in [9.17, 15) is 9.90 Å². The number of methoxy groups -OCH3 is 3. The second-order valence-electron chi connectivity index (χ2n) is 4.90. The predicted molar refractivity (Wildman–Crippen MR) is 108 cm³/mol. The van der Waals surface area contributed by atoms with Gasteiger partial charge in [-0.25, -0.2) is 0 Å². The fraction of sp³-hybridized carbons (Fsp3) is 0.167. The van der Waals surface area contributed by atoms with Gasteiger partial charge < -0.3 is 19.3 Å². The number of aromatic hydroxyl groups is 1. The van der Waals surface area contributed by atoms with Crippen molar-refractivity contribution in [2.24, 2.45) is 0 Å². The second kappa shape index (κ2) is 8.57. The van der Waals surface area contributed by atoms with E-state index < -0.39 is 0 Å². The number of rotatable bonds is 6. The Morgan fingerprint density at radius 1 is 1.12 bits per heavy atom. The summed E-state index contributed by atoms with van der Waals surface area (Å²) in [5.41, 5.74) is 0.868. The molecule has 5 nitrogen and oxygen atoms in total. The van der Waals surface area contributed by atoms with Crippen molar-refractivity contribution < 1.29 is 24.1 Å². The van der Waals surface area contributed by atoms with Gasteiger partial charge in [-0.3, -0.25) is 4.79 Å². The highest BCUT2D eigenvalue weighted by Gasteiger charge is 2.16. The molecular formula is C18H16BrIO5. The van der Waals surface area contributed by atoms with Crippen molar-refractivity contribution in [3.63, 3.8) is 0 Å². The van der Waals surface area contributed by atoms with E-state index >= 15 is 0 Å². The van der Waals surface area contributed by atoms with E-state index in [0.29, 0.717) is 26.4 Å². The van der Waals surface area contributed by atoms with Crippen LogP contribution in [0, 0.1) is 3.57 Å². The molecule has 0 saturated heterocycles. The first-order valence-corrected chi connectivity index (χ1v) is 8.99. The van der Waals surface area contributed by atoms with Gasteiger partial charge in [0.25, 0.3) is 0 Å². The molecule has 0 bridgehead atoms. The van der Waals surface area contributed by atoms with Crippen LogP contribution in [0.3, 0.4) is 0 Å². The molecule has 0 saturated carbocycles. The molecule has 2 aromatic rings. The maximum atomic E-state index is 12.5. The Morgan fingerprint density at radius 3 is 2.40 bits per heavy atom. The Labute approximate surface area is 167 Å². The maximum Gasteiger partial charge on any atom is 0.203 e. The van der Waals surface area contributed by atoms with Crippen molar-refractivity contribution in [1.82, 2.24) is 0 Å². The average Bonchev–Trinajstić information content (AvgIpc) is 2.61. The SMILES string of the molecule is COc1ccc(/C=C/C(=O)c2cc(Br)cc(I)c2O)c(OC)c1OC. The van der Waals surface area contributed by atoms with Gasteiger partial charge in [0.15, 0.2) is 17.3 Å². The number of carbonyl (C=O) groups is 1. The van der Waals surface area contributed by atoms with E-state index in [-0.39, 0.29) is 17.1 Å². The molecule has 0 atom stereocenters. The summed E-state index contributed by atoms with van der Waals surface area (Å²) in [7, 11) is 4.56. The number of phenols is 1. The van der Waals surface area contributed by atoms with E-state index in [1.165, 1.54) is 27.4 Å². The van der Waals surface area contributed by atoms with Crippen molar-refractivity contribution in [3.05, 3.63) is 49.5 Å². The fourth-order valence-electron chi connectivity index (χ4n) is 2.26. The third-order valence-electron chi connectivity index (χ3n) is 3.44. The first-order chi connectivity index (χ1) is 11.9. The van der Waals surface area contributed by atoms with Crippen LogP contribution in [0.2, 0.25) is 0 Å². The number of ketones is 1. The summed E-state index contributed by atoms with van der Waals surface area (Å²) >= 11 is 5.30. The van der Waals surface area contributed by atoms with E-state index in [4.69, 9.17) is 14.2 Å². The molecule has 2 aromatic carbocycles. The third-order valence-corrected chi connectivity index (χ3v) is 4.72.